The normalized spacial score (nSPS) is 15.7. The molecule has 1 saturated heterocycles. The Bertz CT molecular complexity index is 946. The molecule has 0 saturated carbocycles. The Morgan fingerprint density at radius 3 is 2.59 bits per heavy atom. The molecule has 0 bridgehead atoms. The number of para-hydroxylation sites is 1. The van der Waals surface area contributed by atoms with Gasteiger partial charge in [0.25, 0.3) is 5.91 Å². The molecule has 1 amide bonds. The summed E-state index contributed by atoms with van der Waals surface area (Å²) in [6.45, 7) is 5.32. The predicted octanol–water partition coefficient (Wildman–Crippen LogP) is 4.52. The van der Waals surface area contributed by atoms with Gasteiger partial charge in [-0.1, -0.05) is 24.3 Å². The van der Waals surface area contributed by atoms with Crippen LogP contribution in [-0.2, 0) is 4.74 Å². The number of halogens is 1. The van der Waals surface area contributed by atoms with E-state index in [1.807, 2.05) is 25.1 Å². The number of morpholine rings is 1. The monoisotopic (exact) mass is 428 g/mol. The van der Waals surface area contributed by atoms with E-state index in [2.05, 4.69) is 50.4 Å². The Labute approximate surface area is 166 Å². The number of carbonyl (C=O) groups is 1. The van der Waals surface area contributed by atoms with Crippen molar-refractivity contribution in [3.8, 4) is 0 Å². The summed E-state index contributed by atoms with van der Waals surface area (Å²) < 4.78 is 12.0. The van der Waals surface area contributed by atoms with Crippen LogP contribution in [0.25, 0.3) is 11.0 Å². The minimum atomic E-state index is -0.220. The highest BCUT2D eigenvalue weighted by molar-refractivity contribution is 9.10. The predicted molar refractivity (Wildman–Crippen MR) is 109 cm³/mol. The average molecular weight is 429 g/mol. The summed E-state index contributed by atoms with van der Waals surface area (Å²) >= 11 is 3.45. The van der Waals surface area contributed by atoms with Gasteiger partial charge < -0.3 is 19.4 Å². The molecule has 0 radical (unpaired) electrons. The fourth-order valence-corrected chi connectivity index (χ4v) is 3.75. The van der Waals surface area contributed by atoms with Crippen molar-refractivity contribution in [2.45, 2.75) is 13.0 Å². The number of furan rings is 1. The number of carbonyl (C=O) groups excluding carboxylic acids is 1. The Morgan fingerprint density at radius 2 is 1.89 bits per heavy atom. The number of hydrogen-bond donors (Lipinski definition) is 1. The number of amides is 1. The van der Waals surface area contributed by atoms with Gasteiger partial charge in [-0.05, 0) is 52.7 Å². The van der Waals surface area contributed by atoms with Crippen LogP contribution in [0.5, 0.6) is 0 Å². The molecule has 2 heterocycles. The van der Waals surface area contributed by atoms with Crippen LogP contribution in [0.15, 0.2) is 57.4 Å². The van der Waals surface area contributed by atoms with E-state index >= 15 is 0 Å². The highest BCUT2D eigenvalue weighted by Crippen LogP contribution is 2.27. The molecular formula is C21H21BrN2O3. The largest absolute Gasteiger partial charge is 0.450 e. The zero-order valence-electron chi connectivity index (χ0n) is 15.1. The molecule has 1 atom stereocenters. The quantitative estimate of drug-likeness (QED) is 0.663. The topological polar surface area (TPSA) is 54.7 Å². The van der Waals surface area contributed by atoms with Gasteiger partial charge in [0.05, 0.1) is 23.7 Å². The molecular weight excluding hydrogens is 408 g/mol. The number of nitrogens with zero attached hydrogens (tertiary/aromatic N) is 1. The number of anilines is 1. The highest BCUT2D eigenvalue weighted by Gasteiger charge is 2.17. The Balaban J connectivity index is 1.45. The van der Waals surface area contributed by atoms with Gasteiger partial charge in [-0.25, -0.2) is 0 Å². The third-order valence-corrected chi connectivity index (χ3v) is 5.46. The van der Waals surface area contributed by atoms with Crippen molar-refractivity contribution in [1.29, 1.82) is 0 Å². The fraction of sp³-hybridized carbons (Fsp3) is 0.286. The summed E-state index contributed by atoms with van der Waals surface area (Å²) in [7, 11) is 0. The molecule has 3 aromatic rings. The van der Waals surface area contributed by atoms with Crippen LogP contribution in [0.3, 0.4) is 0 Å². The van der Waals surface area contributed by atoms with E-state index in [1.54, 1.807) is 6.07 Å². The van der Waals surface area contributed by atoms with Gasteiger partial charge in [-0.2, -0.15) is 0 Å². The summed E-state index contributed by atoms with van der Waals surface area (Å²) in [6.07, 6.45) is 0. The van der Waals surface area contributed by atoms with Crippen molar-refractivity contribution in [3.63, 3.8) is 0 Å². The number of rotatable bonds is 4. The summed E-state index contributed by atoms with van der Waals surface area (Å²) in [5.41, 5.74) is 2.92. The number of hydrogen-bond acceptors (Lipinski definition) is 4. The van der Waals surface area contributed by atoms with E-state index in [9.17, 15) is 4.79 Å². The van der Waals surface area contributed by atoms with Crippen molar-refractivity contribution in [3.05, 3.63) is 64.3 Å². The van der Waals surface area contributed by atoms with Crippen LogP contribution < -0.4 is 10.2 Å². The fourth-order valence-electron chi connectivity index (χ4n) is 3.29. The summed E-state index contributed by atoms with van der Waals surface area (Å²) in [5, 5.41) is 3.91. The Kier molecular flexibility index (Phi) is 5.18. The summed E-state index contributed by atoms with van der Waals surface area (Å²) in [5.74, 6) is 0.0940. The lowest BCUT2D eigenvalue weighted by Gasteiger charge is -2.29. The summed E-state index contributed by atoms with van der Waals surface area (Å²) in [4.78, 5) is 14.9. The lowest BCUT2D eigenvalue weighted by Crippen LogP contribution is -2.36. The van der Waals surface area contributed by atoms with Crippen molar-refractivity contribution in [2.24, 2.45) is 0 Å². The van der Waals surface area contributed by atoms with Gasteiger partial charge in [0.2, 0.25) is 0 Å². The van der Waals surface area contributed by atoms with Crippen molar-refractivity contribution < 1.29 is 13.9 Å². The number of benzene rings is 2. The molecule has 1 fully saturated rings. The van der Waals surface area contributed by atoms with Crippen LogP contribution in [0.4, 0.5) is 5.69 Å². The lowest BCUT2D eigenvalue weighted by atomic mass is 10.1. The molecule has 1 unspecified atom stereocenters. The third-order valence-electron chi connectivity index (χ3n) is 4.84. The molecule has 0 aliphatic carbocycles. The lowest BCUT2D eigenvalue weighted by molar-refractivity contribution is 0.0914. The van der Waals surface area contributed by atoms with E-state index in [1.165, 1.54) is 5.69 Å². The Hall–Kier alpha value is -2.31. The number of nitrogens with one attached hydrogen (secondary N) is 1. The smallest absolute Gasteiger partial charge is 0.287 e. The van der Waals surface area contributed by atoms with Gasteiger partial charge in [0, 0.05) is 24.2 Å². The maximum absolute atomic E-state index is 12.6. The third kappa shape index (κ3) is 3.87. The van der Waals surface area contributed by atoms with Gasteiger partial charge in [0.1, 0.15) is 5.58 Å². The van der Waals surface area contributed by atoms with Crippen LogP contribution in [-0.4, -0.2) is 32.2 Å². The minimum Gasteiger partial charge on any atom is -0.450 e. The van der Waals surface area contributed by atoms with Gasteiger partial charge in [0.15, 0.2) is 5.76 Å². The first kappa shape index (κ1) is 18.1. The number of ether oxygens (including phenoxy) is 1. The number of fused-ring (bicyclic) bond motifs is 1. The molecule has 5 nitrogen and oxygen atoms in total. The second-order valence-electron chi connectivity index (χ2n) is 6.65. The molecule has 1 N–H and O–H groups in total. The highest BCUT2D eigenvalue weighted by atomic mass is 79.9. The maximum Gasteiger partial charge on any atom is 0.287 e. The van der Waals surface area contributed by atoms with E-state index in [-0.39, 0.29) is 11.9 Å². The van der Waals surface area contributed by atoms with Crippen molar-refractivity contribution in [1.82, 2.24) is 5.32 Å². The molecule has 27 heavy (non-hydrogen) atoms. The van der Waals surface area contributed by atoms with E-state index in [0.717, 1.165) is 41.7 Å². The first-order valence-corrected chi connectivity index (χ1v) is 9.83. The van der Waals surface area contributed by atoms with Crippen LogP contribution in [0, 0.1) is 0 Å². The first-order chi connectivity index (χ1) is 13.1. The summed E-state index contributed by atoms with van der Waals surface area (Å²) in [6, 6.07) is 15.7. The van der Waals surface area contributed by atoms with E-state index in [4.69, 9.17) is 9.15 Å². The van der Waals surface area contributed by atoms with Crippen LogP contribution >= 0.6 is 15.9 Å². The maximum atomic E-state index is 12.6. The zero-order valence-corrected chi connectivity index (χ0v) is 16.7. The standard InChI is InChI=1S/C21H21BrN2O3/c1-14(15-5-7-17(8-6-15)24-9-11-26-12-10-24)23-21(25)19-13-16-3-2-4-18(22)20(16)27-19/h2-8,13-14H,9-12H2,1H3,(H,23,25). The van der Waals surface area contributed by atoms with Crippen molar-refractivity contribution in [2.75, 3.05) is 31.2 Å². The molecule has 2 aromatic carbocycles. The molecule has 1 aliphatic heterocycles. The molecule has 1 aliphatic rings. The van der Waals surface area contributed by atoms with Gasteiger partial charge >= 0.3 is 0 Å². The average Bonchev–Trinajstić information content (AvgIpc) is 3.15. The SMILES string of the molecule is CC(NC(=O)c1cc2cccc(Br)c2o1)c1ccc(N2CCOCC2)cc1. The minimum absolute atomic E-state index is 0.118. The van der Waals surface area contributed by atoms with Crippen LogP contribution in [0.2, 0.25) is 0 Å². The molecule has 0 spiro atoms. The van der Waals surface area contributed by atoms with Gasteiger partial charge in [-0.15, -0.1) is 0 Å². The second-order valence-corrected chi connectivity index (χ2v) is 7.51. The molecule has 4 rings (SSSR count). The van der Waals surface area contributed by atoms with E-state index < -0.39 is 0 Å². The molecule has 140 valence electrons. The van der Waals surface area contributed by atoms with Crippen LogP contribution in [0.1, 0.15) is 29.1 Å². The first-order valence-electron chi connectivity index (χ1n) is 9.03. The zero-order chi connectivity index (χ0) is 18.8. The second kappa shape index (κ2) is 7.74. The van der Waals surface area contributed by atoms with Crippen molar-refractivity contribution >= 4 is 38.5 Å². The molecule has 1 aromatic heterocycles. The van der Waals surface area contributed by atoms with E-state index in [0.29, 0.717) is 11.3 Å². The van der Waals surface area contributed by atoms with Gasteiger partial charge in [-0.3, -0.25) is 4.79 Å². The molecule has 6 heteroatoms. The Morgan fingerprint density at radius 1 is 1.15 bits per heavy atom.